The SMILES string of the molecule is [2H]c1c([2H])c(S(=O)(=O)O)c([2H])c([2H])c1NC(C)=O. The van der Waals surface area contributed by atoms with Gasteiger partial charge >= 0.3 is 0 Å². The van der Waals surface area contributed by atoms with E-state index < -0.39 is 50.8 Å². The van der Waals surface area contributed by atoms with Gasteiger partial charge in [-0.2, -0.15) is 8.42 Å². The van der Waals surface area contributed by atoms with Crippen LogP contribution >= 0.6 is 0 Å². The third kappa shape index (κ3) is 2.82. The number of carbonyl (C=O) groups is 1. The average molecular weight is 219 g/mol. The van der Waals surface area contributed by atoms with Gasteiger partial charge in [-0.1, -0.05) is 0 Å². The first-order valence-electron chi connectivity index (χ1n) is 5.42. The van der Waals surface area contributed by atoms with E-state index in [2.05, 4.69) is 5.32 Å². The van der Waals surface area contributed by atoms with Crippen molar-refractivity contribution in [3.05, 3.63) is 24.2 Å². The Labute approximate surface area is 87.1 Å². The standard InChI is InChI=1S/C8H9NO4S/c1-6(10)9-7-2-4-8(5-3-7)14(11,12)13/h2-5H,1H3,(H,9,10)(H,11,12,13)/i2D,3D,4D,5D. The molecule has 0 radical (unpaired) electrons. The van der Waals surface area contributed by atoms with Gasteiger partial charge in [-0.25, -0.2) is 0 Å². The van der Waals surface area contributed by atoms with Crippen molar-refractivity contribution in [1.82, 2.24) is 0 Å². The molecule has 0 spiro atoms. The molecule has 14 heavy (non-hydrogen) atoms. The smallest absolute Gasteiger partial charge is 0.294 e. The van der Waals surface area contributed by atoms with Crippen LogP contribution in [-0.2, 0) is 14.9 Å². The Kier molecular flexibility index (Phi) is 1.66. The fraction of sp³-hybridized carbons (Fsp3) is 0.125. The van der Waals surface area contributed by atoms with Gasteiger partial charge in [-0.05, 0) is 24.2 Å². The normalized spacial score (nSPS) is 15.0. The Morgan fingerprint density at radius 2 is 1.93 bits per heavy atom. The van der Waals surface area contributed by atoms with Crippen molar-refractivity contribution >= 4 is 21.7 Å². The zero-order valence-electron chi connectivity index (χ0n) is 11.1. The lowest BCUT2D eigenvalue weighted by Crippen LogP contribution is -2.06. The molecule has 1 aromatic rings. The second kappa shape index (κ2) is 3.77. The summed E-state index contributed by atoms with van der Waals surface area (Å²) in [6.45, 7) is 1.10. The van der Waals surface area contributed by atoms with E-state index in [0.717, 1.165) is 6.92 Å². The van der Waals surface area contributed by atoms with Gasteiger partial charge in [0.1, 0.15) is 0 Å². The second-order valence-corrected chi connectivity index (χ2v) is 3.72. The number of hydrogen-bond donors (Lipinski definition) is 2. The Morgan fingerprint density at radius 3 is 2.29 bits per heavy atom. The first-order valence-corrected chi connectivity index (χ1v) is 4.86. The van der Waals surface area contributed by atoms with Crippen LogP contribution in [0.15, 0.2) is 29.1 Å². The maximum Gasteiger partial charge on any atom is 0.294 e. The Hall–Kier alpha value is -1.40. The number of nitrogens with one attached hydrogen (secondary N) is 1. The van der Waals surface area contributed by atoms with E-state index in [1.807, 2.05) is 0 Å². The molecule has 5 nitrogen and oxygen atoms in total. The quantitative estimate of drug-likeness (QED) is 0.723. The minimum Gasteiger partial charge on any atom is -0.326 e. The van der Waals surface area contributed by atoms with Gasteiger partial charge < -0.3 is 5.32 Å². The van der Waals surface area contributed by atoms with Crippen LogP contribution in [0.2, 0.25) is 0 Å². The summed E-state index contributed by atoms with van der Waals surface area (Å²) < 4.78 is 60.5. The van der Waals surface area contributed by atoms with Crippen molar-refractivity contribution in [1.29, 1.82) is 0 Å². The molecule has 1 aromatic carbocycles. The summed E-state index contributed by atoms with van der Waals surface area (Å²) in [5, 5.41) is 2.07. The van der Waals surface area contributed by atoms with Gasteiger partial charge in [0.2, 0.25) is 5.91 Å². The van der Waals surface area contributed by atoms with Crippen LogP contribution in [0, 0.1) is 0 Å². The molecule has 0 aliphatic carbocycles. The van der Waals surface area contributed by atoms with E-state index in [1.54, 1.807) is 0 Å². The van der Waals surface area contributed by atoms with Gasteiger partial charge in [-0.15, -0.1) is 0 Å². The highest BCUT2D eigenvalue weighted by molar-refractivity contribution is 7.85. The Morgan fingerprint density at radius 1 is 1.43 bits per heavy atom. The summed E-state index contributed by atoms with van der Waals surface area (Å²) in [7, 11) is -4.88. The summed E-state index contributed by atoms with van der Waals surface area (Å²) >= 11 is 0. The molecule has 0 unspecified atom stereocenters. The van der Waals surface area contributed by atoms with Crippen LogP contribution in [0.3, 0.4) is 0 Å². The predicted molar refractivity (Wildman–Crippen MR) is 50.6 cm³/mol. The summed E-state index contributed by atoms with van der Waals surface area (Å²) in [5.41, 5.74) is -0.440. The van der Waals surface area contributed by atoms with E-state index in [-0.39, 0.29) is 0 Å². The maximum atomic E-state index is 11.0. The number of carbonyl (C=O) groups excluding carboxylic acids is 1. The minimum absolute atomic E-state index is 0.440. The molecule has 0 aromatic heterocycles. The van der Waals surface area contributed by atoms with E-state index in [9.17, 15) is 13.2 Å². The molecular weight excluding hydrogens is 206 g/mol. The third-order valence-corrected chi connectivity index (χ3v) is 1.88. The number of rotatable bonds is 2. The summed E-state index contributed by atoms with van der Waals surface area (Å²) in [4.78, 5) is 9.74. The van der Waals surface area contributed by atoms with Gasteiger partial charge in [0, 0.05) is 12.6 Å². The molecule has 0 fully saturated rings. The number of anilines is 1. The molecule has 1 rings (SSSR count). The highest BCUT2D eigenvalue weighted by Gasteiger charge is 2.08. The fourth-order valence-electron chi connectivity index (χ4n) is 0.669. The van der Waals surface area contributed by atoms with Gasteiger partial charge in [0.15, 0.2) is 0 Å². The molecule has 0 aliphatic rings. The van der Waals surface area contributed by atoms with E-state index in [0.29, 0.717) is 0 Å². The average Bonchev–Trinajstić information content (AvgIpc) is 2.19. The van der Waals surface area contributed by atoms with Crippen molar-refractivity contribution in [2.75, 3.05) is 5.32 Å². The molecule has 76 valence electrons. The number of amides is 1. The zero-order valence-corrected chi connectivity index (χ0v) is 7.90. The van der Waals surface area contributed by atoms with Crippen LogP contribution in [-0.4, -0.2) is 18.9 Å². The lowest BCUT2D eigenvalue weighted by Gasteiger charge is -2.01. The van der Waals surface area contributed by atoms with Gasteiger partial charge in [-0.3, -0.25) is 9.35 Å². The largest absolute Gasteiger partial charge is 0.326 e. The lowest BCUT2D eigenvalue weighted by atomic mass is 10.3. The zero-order chi connectivity index (χ0) is 14.2. The molecule has 0 saturated heterocycles. The van der Waals surface area contributed by atoms with Crippen LogP contribution in [0.25, 0.3) is 0 Å². The summed E-state index contributed by atoms with van der Waals surface area (Å²) in [6, 6.07) is -3.39. The highest BCUT2D eigenvalue weighted by Crippen LogP contribution is 2.13. The molecule has 0 bridgehead atoms. The molecular formula is C8H9NO4S. The molecule has 0 aliphatic heterocycles. The van der Waals surface area contributed by atoms with E-state index in [4.69, 9.17) is 10.0 Å². The number of hydrogen-bond acceptors (Lipinski definition) is 3. The molecule has 0 heterocycles. The van der Waals surface area contributed by atoms with Crippen molar-refractivity contribution in [3.63, 3.8) is 0 Å². The van der Waals surface area contributed by atoms with Crippen LogP contribution in [0.5, 0.6) is 0 Å². The van der Waals surface area contributed by atoms with Crippen LogP contribution in [0.4, 0.5) is 5.69 Å². The first kappa shape index (κ1) is 6.15. The Bertz CT molecular complexity index is 599. The third-order valence-electron chi connectivity index (χ3n) is 1.16. The van der Waals surface area contributed by atoms with Crippen molar-refractivity contribution < 1.29 is 23.2 Å². The van der Waals surface area contributed by atoms with E-state index in [1.165, 1.54) is 0 Å². The molecule has 0 atom stereocenters. The van der Waals surface area contributed by atoms with Crippen molar-refractivity contribution in [2.24, 2.45) is 0 Å². The molecule has 2 N–H and O–H groups in total. The molecule has 0 saturated carbocycles. The fourth-order valence-corrected chi connectivity index (χ4v) is 1.03. The minimum atomic E-state index is -4.88. The van der Waals surface area contributed by atoms with Crippen molar-refractivity contribution in [3.8, 4) is 0 Å². The van der Waals surface area contributed by atoms with Gasteiger partial charge in [0.25, 0.3) is 10.1 Å². The molecule has 6 heteroatoms. The Balaban J connectivity index is 3.72. The van der Waals surface area contributed by atoms with Gasteiger partial charge in [0.05, 0.1) is 10.4 Å². The first-order chi connectivity index (χ1) is 8.07. The number of benzene rings is 1. The highest BCUT2D eigenvalue weighted by atomic mass is 32.2. The van der Waals surface area contributed by atoms with Crippen LogP contribution < -0.4 is 5.32 Å². The monoisotopic (exact) mass is 219 g/mol. The summed E-state index contributed by atoms with van der Waals surface area (Å²) in [6.07, 6.45) is 0. The summed E-state index contributed by atoms with van der Waals surface area (Å²) in [5.74, 6) is -0.629. The molecule has 1 amide bonds. The van der Waals surface area contributed by atoms with Crippen molar-refractivity contribution in [2.45, 2.75) is 11.8 Å². The second-order valence-electron chi connectivity index (χ2n) is 2.36. The lowest BCUT2D eigenvalue weighted by molar-refractivity contribution is -0.114. The predicted octanol–water partition coefficient (Wildman–Crippen LogP) is 0.892. The van der Waals surface area contributed by atoms with Crippen LogP contribution in [0.1, 0.15) is 12.4 Å². The topological polar surface area (TPSA) is 83.5 Å². The van der Waals surface area contributed by atoms with E-state index >= 15 is 0 Å². The maximum absolute atomic E-state index is 11.0.